The van der Waals surface area contributed by atoms with Gasteiger partial charge in [-0.15, -0.1) is 0 Å². The maximum atomic E-state index is 11.2. The van der Waals surface area contributed by atoms with E-state index < -0.39 is 6.17 Å². The van der Waals surface area contributed by atoms with Gasteiger partial charge in [-0.25, -0.2) is 0 Å². The number of nitrogens with zero attached hydrogens (tertiary/aromatic N) is 2. The number of hydrogen-bond donors (Lipinski definition) is 2. The summed E-state index contributed by atoms with van der Waals surface area (Å²) in [5, 5.41) is 13.3. The summed E-state index contributed by atoms with van der Waals surface area (Å²) in [4.78, 5) is 11.2. The number of rotatable bonds is 2. The molecule has 1 aliphatic heterocycles. The molecule has 16 heavy (non-hydrogen) atoms. The standard InChI is InChI=1S/C10H10N4OS/c1-6-2-4-7(5-3-6)13-14-8-9(15)12-10(16)11-8/h2-5,8H,1H3,(H2,11,12,15,16). The van der Waals surface area contributed by atoms with Crippen LogP contribution in [0.4, 0.5) is 5.69 Å². The predicted molar refractivity (Wildman–Crippen MR) is 63.4 cm³/mol. The largest absolute Gasteiger partial charge is 0.331 e. The molecule has 0 aromatic heterocycles. The Hall–Kier alpha value is -1.82. The Morgan fingerprint density at radius 3 is 2.56 bits per heavy atom. The number of benzene rings is 1. The second kappa shape index (κ2) is 4.36. The van der Waals surface area contributed by atoms with E-state index in [4.69, 9.17) is 12.2 Å². The molecule has 1 amide bonds. The van der Waals surface area contributed by atoms with Gasteiger partial charge in [-0.3, -0.25) is 10.1 Å². The van der Waals surface area contributed by atoms with E-state index in [0.717, 1.165) is 5.56 Å². The molecule has 1 aromatic rings. The van der Waals surface area contributed by atoms with E-state index in [2.05, 4.69) is 20.9 Å². The van der Waals surface area contributed by atoms with Gasteiger partial charge in [0.15, 0.2) is 5.11 Å². The van der Waals surface area contributed by atoms with Crippen molar-refractivity contribution in [2.75, 3.05) is 0 Å². The Bertz CT molecular complexity index is 454. The smallest absolute Gasteiger partial charge is 0.273 e. The summed E-state index contributed by atoms with van der Waals surface area (Å²) < 4.78 is 0. The minimum Gasteiger partial charge on any atom is -0.331 e. The Balaban J connectivity index is 2.07. The molecule has 0 saturated carbocycles. The molecule has 82 valence electrons. The predicted octanol–water partition coefficient (Wildman–Crippen LogP) is 1.41. The first-order valence-corrected chi connectivity index (χ1v) is 5.15. The van der Waals surface area contributed by atoms with Crippen molar-refractivity contribution < 1.29 is 4.79 Å². The lowest BCUT2D eigenvalue weighted by Crippen LogP contribution is -2.25. The van der Waals surface area contributed by atoms with Crippen molar-refractivity contribution >= 4 is 28.9 Å². The molecular formula is C10H10N4OS. The van der Waals surface area contributed by atoms with E-state index in [1.807, 2.05) is 31.2 Å². The molecule has 1 heterocycles. The van der Waals surface area contributed by atoms with E-state index >= 15 is 0 Å². The highest BCUT2D eigenvalue weighted by atomic mass is 32.1. The summed E-state index contributed by atoms with van der Waals surface area (Å²) in [7, 11) is 0. The zero-order chi connectivity index (χ0) is 11.5. The molecule has 1 fully saturated rings. The van der Waals surface area contributed by atoms with E-state index in [9.17, 15) is 4.79 Å². The fourth-order valence-corrected chi connectivity index (χ4v) is 1.44. The molecule has 1 atom stereocenters. The van der Waals surface area contributed by atoms with Crippen molar-refractivity contribution in [1.29, 1.82) is 0 Å². The first kappa shape index (κ1) is 10.7. The van der Waals surface area contributed by atoms with Crippen LogP contribution in [-0.4, -0.2) is 17.2 Å². The highest BCUT2D eigenvalue weighted by Crippen LogP contribution is 2.13. The van der Waals surface area contributed by atoms with Crippen LogP contribution < -0.4 is 10.6 Å². The molecule has 0 spiro atoms. The van der Waals surface area contributed by atoms with Crippen LogP contribution in [0.5, 0.6) is 0 Å². The first-order valence-electron chi connectivity index (χ1n) is 4.74. The fourth-order valence-electron chi connectivity index (χ4n) is 1.22. The molecule has 5 nitrogen and oxygen atoms in total. The summed E-state index contributed by atoms with van der Waals surface area (Å²) in [5.41, 5.74) is 1.86. The van der Waals surface area contributed by atoms with E-state index in [1.54, 1.807) is 0 Å². The number of azo groups is 1. The van der Waals surface area contributed by atoms with Crippen molar-refractivity contribution in [3.05, 3.63) is 29.8 Å². The van der Waals surface area contributed by atoms with E-state index in [-0.39, 0.29) is 11.0 Å². The van der Waals surface area contributed by atoms with Gasteiger partial charge < -0.3 is 5.32 Å². The lowest BCUT2D eigenvalue weighted by Gasteiger charge is -1.98. The van der Waals surface area contributed by atoms with E-state index in [0.29, 0.717) is 5.69 Å². The normalized spacial score (nSPS) is 19.9. The monoisotopic (exact) mass is 234 g/mol. The molecule has 1 aromatic carbocycles. The SMILES string of the molecule is Cc1ccc(N=NC2NC(=S)NC2=O)cc1. The number of amides is 1. The molecule has 1 unspecified atom stereocenters. The van der Waals surface area contributed by atoms with Crippen LogP contribution in [-0.2, 0) is 4.79 Å². The molecule has 1 aliphatic rings. The Kier molecular flexibility index (Phi) is 2.91. The summed E-state index contributed by atoms with van der Waals surface area (Å²) in [6.45, 7) is 1.99. The maximum Gasteiger partial charge on any atom is 0.273 e. The summed E-state index contributed by atoms with van der Waals surface area (Å²) in [5.74, 6) is -0.277. The van der Waals surface area contributed by atoms with Crippen molar-refractivity contribution in [3.63, 3.8) is 0 Å². The van der Waals surface area contributed by atoms with Crippen LogP contribution in [0.25, 0.3) is 0 Å². The number of carbonyl (C=O) groups excluding carboxylic acids is 1. The van der Waals surface area contributed by atoms with Crippen molar-refractivity contribution in [2.24, 2.45) is 10.2 Å². The first-order chi connectivity index (χ1) is 7.65. The zero-order valence-electron chi connectivity index (χ0n) is 8.60. The summed E-state index contributed by atoms with van der Waals surface area (Å²) >= 11 is 4.78. The maximum absolute atomic E-state index is 11.2. The van der Waals surface area contributed by atoms with Gasteiger partial charge in [-0.1, -0.05) is 17.7 Å². The molecule has 0 bridgehead atoms. The second-order valence-corrected chi connectivity index (χ2v) is 3.82. The van der Waals surface area contributed by atoms with Gasteiger partial charge in [-0.2, -0.15) is 10.2 Å². The Morgan fingerprint density at radius 2 is 2.00 bits per heavy atom. The van der Waals surface area contributed by atoms with Gasteiger partial charge in [-0.05, 0) is 31.3 Å². The van der Waals surface area contributed by atoms with Crippen molar-refractivity contribution in [2.45, 2.75) is 13.1 Å². The number of carbonyl (C=O) groups is 1. The van der Waals surface area contributed by atoms with Crippen LogP contribution in [0.2, 0.25) is 0 Å². The Labute approximate surface area is 98.0 Å². The quantitative estimate of drug-likeness (QED) is 0.600. The van der Waals surface area contributed by atoms with Gasteiger partial charge in [0.1, 0.15) is 0 Å². The minimum atomic E-state index is -0.714. The lowest BCUT2D eigenvalue weighted by molar-refractivity contribution is -0.120. The molecule has 1 saturated heterocycles. The highest BCUT2D eigenvalue weighted by Gasteiger charge is 2.26. The fraction of sp³-hybridized carbons (Fsp3) is 0.200. The second-order valence-electron chi connectivity index (χ2n) is 3.42. The van der Waals surface area contributed by atoms with Gasteiger partial charge in [0.05, 0.1) is 5.69 Å². The third-order valence-corrected chi connectivity index (χ3v) is 2.30. The lowest BCUT2D eigenvalue weighted by atomic mass is 10.2. The van der Waals surface area contributed by atoms with Crippen LogP contribution in [0.15, 0.2) is 34.5 Å². The Morgan fingerprint density at radius 1 is 1.31 bits per heavy atom. The van der Waals surface area contributed by atoms with Gasteiger partial charge >= 0.3 is 0 Å². The van der Waals surface area contributed by atoms with Gasteiger partial charge in [0, 0.05) is 0 Å². The van der Waals surface area contributed by atoms with Gasteiger partial charge in [0.25, 0.3) is 5.91 Å². The molecule has 0 radical (unpaired) electrons. The molecule has 2 N–H and O–H groups in total. The van der Waals surface area contributed by atoms with Crippen LogP contribution in [0.3, 0.4) is 0 Å². The number of hydrogen-bond acceptors (Lipinski definition) is 4. The van der Waals surface area contributed by atoms with Crippen LogP contribution in [0, 0.1) is 6.92 Å². The molecule has 6 heteroatoms. The average molecular weight is 234 g/mol. The zero-order valence-corrected chi connectivity index (χ0v) is 9.41. The topological polar surface area (TPSA) is 65.8 Å². The van der Waals surface area contributed by atoms with Crippen LogP contribution >= 0.6 is 12.2 Å². The van der Waals surface area contributed by atoms with E-state index in [1.165, 1.54) is 0 Å². The summed E-state index contributed by atoms with van der Waals surface area (Å²) in [6, 6.07) is 7.54. The van der Waals surface area contributed by atoms with Crippen LogP contribution in [0.1, 0.15) is 5.56 Å². The van der Waals surface area contributed by atoms with Crippen molar-refractivity contribution in [1.82, 2.24) is 10.6 Å². The third-order valence-electron chi connectivity index (χ3n) is 2.08. The molecular weight excluding hydrogens is 224 g/mol. The molecule has 0 aliphatic carbocycles. The number of aryl methyl sites for hydroxylation is 1. The average Bonchev–Trinajstić information content (AvgIpc) is 2.57. The molecule has 2 rings (SSSR count). The minimum absolute atomic E-state index is 0.277. The summed E-state index contributed by atoms with van der Waals surface area (Å²) in [6.07, 6.45) is -0.714. The third kappa shape index (κ3) is 2.40. The van der Waals surface area contributed by atoms with Gasteiger partial charge in [0.2, 0.25) is 6.17 Å². The van der Waals surface area contributed by atoms with Crippen molar-refractivity contribution in [3.8, 4) is 0 Å². The number of thiocarbonyl (C=S) groups is 1. The highest BCUT2D eigenvalue weighted by molar-refractivity contribution is 7.80. The number of nitrogens with one attached hydrogen (secondary N) is 2.